The molecule has 5 heteroatoms. The molecule has 2 rings (SSSR count). The van der Waals surface area contributed by atoms with E-state index in [1.165, 1.54) is 6.07 Å². The van der Waals surface area contributed by atoms with E-state index < -0.39 is 5.82 Å². The van der Waals surface area contributed by atoms with Gasteiger partial charge in [-0.3, -0.25) is 0 Å². The molecule has 1 nitrogen and oxygen atoms in total. The zero-order valence-electron chi connectivity index (χ0n) is 8.19. The summed E-state index contributed by atoms with van der Waals surface area (Å²) < 4.78 is 12.9. The Bertz CT molecular complexity index is 459. The van der Waals surface area contributed by atoms with Gasteiger partial charge in [-0.2, -0.15) is 0 Å². The number of thiophene rings is 1. The van der Waals surface area contributed by atoms with Crippen LogP contribution in [0.15, 0.2) is 35.7 Å². The lowest BCUT2D eigenvalue weighted by Crippen LogP contribution is -2.10. The lowest BCUT2D eigenvalue weighted by Gasteiger charge is -2.10. The van der Waals surface area contributed by atoms with Crippen LogP contribution in [0.5, 0.6) is 0 Å². The molecule has 0 aliphatic rings. The molecular formula is C11H10Cl2FNS. The van der Waals surface area contributed by atoms with Crippen molar-refractivity contribution in [1.82, 2.24) is 0 Å². The van der Waals surface area contributed by atoms with Gasteiger partial charge in [-0.25, -0.2) is 4.39 Å². The minimum absolute atomic E-state index is 0. The van der Waals surface area contributed by atoms with Crippen LogP contribution in [0.25, 0.3) is 0 Å². The number of hydrogen-bond donors (Lipinski definition) is 1. The molecule has 1 atom stereocenters. The maximum atomic E-state index is 12.9. The Hall–Kier alpha value is -0.610. The normalized spacial score (nSPS) is 11.9. The Morgan fingerprint density at radius 2 is 2.06 bits per heavy atom. The summed E-state index contributed by atoms with van der Waals surface area (Å²) in [5, 5.41) is 2.07. The van der Waals surface area contributed by atoms with Gasteiger partial charge in [-0.1, -0.05) is 23.7 Å². The summed E-state index contributed by atoms with van der Waals surface area (Å²) in [6.07, 6.45) is 0. The minimum atomic E-state index is -0.418. The maximum absolute atomic E-state index is 12.9. The smallest absolute Gasteiger partial charge is 0.141 e. The minimum Gasteiger partial charge on any atom is -0.320 e. The molecule has 2 N–H and O–H groups in total. The van der Waals surface area contributed by atoms with Gasteiger partial charge >= 0.3 is 0 Å². The van der Waals surface area contributed by atoms with Crippen molar-refractivity contribution in [3.8, 4) is 0 Å². The second kappa shape index (κ2) is 5.64. The zero-order valence-corrected chi connectivity index (χ0v) is 10.6. The summed E-state index contributed by atoms with van der Waals surface area (Å²) >= 11 is 7.27. The van der Waals surface area contributed by atoms with Crippen LogP contribution in [0.3, 0.4) is 0 Å². The summed E-state index contributed by atoms with van der Waals surface area (Å²) in [7, 11) is 0. The molecule has 0 radical (unpaired) electrons. The van der Waals surface area contributed by atoms with Crippen LogP contribution in [0.1, 0.15) is 16.5 Å². The van der Waals surface area contributed by atoms with Crippen LogP contribution in [-0.4, -0.2) is 0 Å². The number of hydrogen-bond acceptors (Lipinski definition) is 2. The fraction of sp³-hybridized carbons (Fsp3) is 0.0909. The van der Waals surface area contributed by atoms with Gasteiger partial charge in [0.25, 0.3) is 0 Å². The van der Waals surface area contributed by atoms with Crippen molar-refractivity contribution in [1.29, 1.82) is 0 Å². The summed E-state index contributed by atoms with van der Waals surface area (Å²) in [5.41, 5.74) is 6.83. The van der Waals surface area contributed by atoms with E-state index in [2.05, 4.69) is 0 Å². The van der Waals surface area contributed by atoms with Crippen molar-refractivity contribution in [3.63, 3.8) is 0 Å². The van der Waals surface area contributed by atoms with E-state index >= 15 is 0 Å². The zero-order chi connectivity index (χ0) is 10.8. The SMILES string of the molecule is Cl.N[C@@H](c1ccc(F)c(Cl)c1)c1cccs1. The molecule has 16 heavy (non-hydrogen) atoms. The monoisotopic (exact) mass is 277 g/mol. The molecular weight excluding hydrogens is 268 g/mol. The van der Waals surface area contributed by atoms with Crippen molar-refractivity contribution in [2.24, 2.45) is 5.73 Å². The molecule has 2 aromatic rings. The van der Waals surface area contributed by atoms with Gasteiger partial charge in [0.05, 0.1) is 11.1 Å². The van der Waals surface area contributed by atoms with Crippen molar-refractivity contribution in [2.45, 2.75) is 6.04 Å². The molecule has 1 aromatic carbocycles. The standard InChI is InChI=1S/C11H9ClFNS.ClH/c12-8-6-7(3-4-9(8)13)11(14)10-2-1-5-15-10;/h1-6,11H,14H2;1H/t11-;/m0./s1. The summed E-state index contributed by atoms with van der Waals surface area (Å²) in [4.78, 5) is 1.04. The molecule has 0 fully saturated rings. The molecule has 0 spiro atoms. The van der Waals surface area contributed by atoms with E-state index in [9.17, 15) is 4.39 Å². The summed E-state index contributed by atoms with van der Waals surface area (Å²) in [6, 6.07) is 8.22. The van der Waals surface area contributed by atoms with E-state index in [0.29, 0.717) is 0 Å². The number of halogens is 3. The van der Waals surface area contributed by atoms with Crippen molar-refractivity contribution < 1.29 is 4.39 Å². The van der Waals surface area contributed by atoms with Crippen LogP contribution in [0.4, 0.5) is 4.39 Å². The maximum Gasteiger partial charge on any atom is 0.141 e. The van der Waals surface area contributed by atoms with Crippen molar-refractivity contribution in [2.75, 3.05) is 0 Å². The third kappa shape index (κ3) is 2.74. The lowest BCUT2D eigenvalue weighted by molar-refractivity contribution is 0.627. The van der Waals surface area contributed by atoms with E-state index in [1.54, 1.807) is 23.5 Å². The average Bonchev–Trinajstić information content (AvgIpc) is 2.74. The van der Waals surface area contributed by atoms with E-state index in [4.69, 9.17) is 17.3 Å². The fourth-order valence-corrected chi connectivity index (χ4v) is 2.28. The first-order chi connectivity index (χ1) is 7.18. The van der Waals surface area contributed by atoms with Gasteiger partial charge in [0, 0.05) is 4.88 Å². The summed E-state index contributed by atoms with van der Waals surface area (Å²) in [6.45, 7) is 0. The Balaban J connectivity index is 0.00000128. The molecule has 1 heterocycles. The van der Waals surface area contributed by atoms with Crippen molar-refractivity contribution in [3.05, 3.63) is 57.0 Å². The molecule has 0 saturated carbocycles. The van der Waals surface area contributed by atoms with E-state index in [0.717, 1.165) is 10.4 Å². The molecule has 0 amide bonds. The second-order valence-electron chi connectivity index (χ2n) is 3.17. The molecule has 0 unspecified atom stereocenters. The highest BCUT2D eigenvalue weighted by Crippen LogP contribution is 2.26. The van der Waals surface area contributed by atoms with Gasteiger partial charge in [0.15, 0.2) is 0 Å². The van der Waals surface area contributed by atoms with E-state index in [1.807, 2.05) is 17.5 Å². The average molecular weight is 278 g/mol. The van der Waals surface area contributed by atoms with E-state index in [-0.39, 0.29) is 23.5 Å². The van der Waals surface area contributed by atoms with Crippen LogP contribution in [0, 0.1) is 5.82 Å². The quantitative estimate of drug-likeness (QED) is 0.882. The molecule has 86 valence electrons. The van der Waals surface area contributed by atoms with Crippen LogP contribution < -0.4 is 5.73 Å². The Labute approximate surface area is 108 Å². The predicted molar refractivity (Wildman–Crippen MR) is 69.0 cm³/mol. The first-order valence-corrected chi connectivity index (χ1v) is 5.68. The summed E-state index contributed by atoms with van der Waals surface area (Å²) in [5.74, 6) is -0.418. The third-order valence-electron chi connectivity index (χ3n) is 2.15. The van der Waals surface area contributed by atoms with Crippen LogP contribution in [0.2, 0.25) is 5.02 Å². The Morgan fingerprint density at radius 3 is 2.62 bits per heavy atom. The second-order valence-corrected chi connectivity index (χ2v) is 4.55. The highest BCUT2D eigenvalue weighted by Gasteiger charge is 2.11. The first kappa shape index (κ1) is 13.5. The number of benzene rings is 1. The lowest BCUT2D eigenvalue weighted by atomic mass is 10.1. The first-order valence-electron chi connectivity index (χ1n) is 4.42. The van der Waals surface area contributed by atoms with Gasteiger partial charge in [-0.05, 0) is 29.1 Å². The van der Waals surface area contributed by atoms with Crippen LogP contribution >= 0.6 is 35.3 Å². The molecule has 0 saturated heterocycles. The van der Waals surface area contributed by atoms with Gasteiger partial charge in [-0.15, -0.1) is 23.7 Å². The number of nitrogens with two attached hydrogens (primary N) is 1. The largest absolute Gasteiger partial charge is 0.320 e. The fourth-order valence-electron chi connectivity index (χ4n) is 1.34. The number of rotatable bonds is 2. The van der Waals surface area contributed by atoms with Gasteiger partial charge in [0.1, 0.15) is 5.82 Å². The molecule has 1 aromatic heterocycles. The van der Waals surface area contributed by atoms with Gasteiger partial charge in [0.2, 0.25) is 0 Å². The highest BCUT2D eigenvalue weighted by atomic mass is 35.5. The topological polar surface area (TPSA) is 26.0 Å². The molecule has 0 bridgehead atoms. The Kier molecular flexibility index (Phi) is 4.74. The highest BCUT2D eigenvalue weighted by molar-refractivity contribution is 7.10. The molecule has 0 aliphatic carbocycles. The third-order valence-corrected chi connectivity index (χ3v) is 3.40. The predicted octanol–water partition coefficient (Wildman–Crippen LogP) is 4.01. The Morgan fingerprint density at radius 1 is 1.31 bits per heavy atom. The van der Waals surface area contributed by atoms with Crippen LogP contribution in [-0.2, 0) is 0 Å². The molecule has 0 aliphatic heterocycles. The van der Waals surface area contributed by atoms with Gasteiger partial charge < -0.3 is 5.73 Å². The van der Waals surface area contributed by atoms with Crippen molar-refractivity contribution >= 4 is 35.3 Å².